The van der Waals surface area contributed by atoms with Gasteiger partial charge in [-0.3, -0.25) is 0 Å². The Labute approximate surface area is 98.2 Å². The van der Waals surface area contributed by atoms with Crippen LogP contribution in [0, 0.1) is 6.92 Å². The molecule has 0 spiro atoms. The van der Waals surface area contributed by atoms with Crippen LogP contribution in [0.25, 0.3) is 11.3 Å². The predicted molar refractivity (Wildman–Crippen MR) is 63.0 cm³/mol. The first kappa shape index (κ1) is 11.1. The van der Waals surface area contributed by atoms with Crippen LogP contribution in [0.2, 0.25) is 0 Å². The highest BCUT2D eigenvalue weighted by molar-refractivity contribution is 5.90. The normalized spacial score (nSPS) is 10.2. The molecular formula is C13H11NO3. The zero-order valence-corrected chi connectivity index (χ0v) is 9.21. The fourth-order valence-electron chi connectivity index (χ4n) is 1.62. The molecular weight excluding hydrogens is 218 g/mol. The minimum Gasteiger partial charge on any atom is -0.506 e. The summed E-state index contributed by atoms with van der Waals surface area (Å²) in [6.07, 6.45) is 0. The molecule has 2 rings (SSSR count). The molecule has 86 valence electrons. The van der Waals surface area contributed by atoms with E-state index in [2.05, 4.69) is 4.98 Å². The van der Waals surface area contributed by atoms with Gasteiger partial charge < -0.3 is 10.2 Å². The van der Waals surface area contributed by atoms with E-state index in [1.165, 1.54) is 6.07 Å². The predicted octanol–water partition coefficient (Wildman–Crippen LogP) is 2.46. The zero-order chi connectivity index (χ0) is 12.4. The second kappa shape index (κ2) is 4.25. The molecule has 0 amide bonds. The van der Waals surface area contributed by atoms with E-state index in [1.807, 2.05) is 30.3 Å². The number of carbonyl (C=O) groups is 1. The number of pyridine rings is 1. The summed E-state index contributed by atoms with van der Waals surface area (Å²) in [6.45, 7) is 1.61. The minimum absolute atomic E-state index is 0.0159. The van der Waals surface area contributed by atoms with Crippen molar-refractivity contribution in [1.82, 2.24) is 4.98 Å². The molecule has 1 aromatic heterocycles. The van der Waals surface area contributed by atoms with E-state index in [0.29, 0.717) is 11.4 Å². The van der Waals surface area contributed by atoms with E-state index in [0.717, 1.165) is 5.56 Å². The molecule has 1 heterocycles. The smallest absolute Gasteiger partial charge is 0.337 e. The van der Waals surface area contributed by atoms with Gasteiger partial charge in [0.05, 0.1) is 11.3 Å². The van der Waals surface area contributed by atoms with E-state index in [9.17, 15) is 9.90 Å². The van der Waals surface area contributed by atoms with E-state index in [1.54, 1.807) is 6.92 Å². The Balaban J connectivity index is 2.58. The average molecular weight is 229 g/mol. The van der Waals surface area contributed by atoms with Gasteiger partial charge in [0.25, 0.3) is 0 Å². The summed E-state index contributed by atoms with van der Waals surface area (Å²) >= 11 is 0. The van der Waals surface area contributed by atoms with E-state index < -0.39 is 5.97 Å². The summed E-state index contributed by atoms with van der Waals surface area (Å²) in [6, 6.07) is 10.4. The van der Waals surface area contributed by atoms with Crippen molar-refractivity contribution >= 4 is 5.97 Å². The van der Waals surface area contributed by atoms with Crippen LogP contribution in [-0.4, -0.2) is 21.2 Å². The topological polar surface area (TPSA) is 70.4 Å². The molecule has 0 saturated heterocycles. The summed E-state index contributed by atoms with van der Waals surface area (Å²) in [5, 5.41) is 18.7. The standard InChI is InChI=1S/C13H11NO3/c1-8-10(13(16)17)7-11(15)12(14-8)9-5-3-2-4-6-9/h2-7,15H,1H3,(H,16,17). The monoisotopic (exact) mass is 229 g/mol. The van der Waals surface area contributed by atoms with Crippen LogP contribution in [-0.2, 0) is 0 Å². The molecule has 0 aliphatic rings. The Morgan fingerprint density at radius 1 is 1.24 bits per heavy atom. The Bertz CT molecular complexity index is 564. The van der Waals surface area contributed by atoms with E-state index >= 15 is 0 Å². The molecule has 0 radical (unpaired) electrons. The molecule has 0 fully saturated rings. The lowest BCUT2D eigenvalue weighted by molar-refractivity contribution is 0.0695. The first-order valence-corrected chi connectivity index (χ1v) is 5.09. The molecule has 0 unspecified atom stereocenters. The number of aromatic hydroxyl groups is 1. The largest absolute Gasteiger partial charge is 0.506 e. The highest BCUT2D eigenvalue weighted by Gasteiger charge is 2.14. The number of carboxylic acids is 1. The van der Waals surface area contributed by atoms with Crippen molar-refractivity contribution < 1.29 is 15.0 Å². The van der Waals surface area contributed by atoms with Crippen LogP contribution in [0.1, 0.15) is 16.1 Å². The maximum atomic E-state index is 10.9. The lowest BCUT2D eigenvalue weighted by atomic mass is 10.1. The van der Waals surface area contributed by atoms with Gasteiger partial charge in [-0.25, -0.2) is 9.78 Å². The number of aromatic nitrogens is 1. The molecule has 17 heavy (non-hydrogen) atoms. The molecule has 0 saturated carbocycles. The maximum Gasteiger partial charge on any atom is 0.337 e. The number of aryl methyl sites for hydroxylation is 1. The number of hydrogen-bond acceptors (Lipinski definition) is 3. The Hall–Kier alpha value is -2.36. The van der Waals surface area contributed by atoms with Gasteiger partial charge in [0.1, 0.15) is 11.4 Å². The van der Waals surface area contributed by atoms with Gasteiger partial charge in [0.2, 0.25) is 0 Å². The zero-order valence-electron chi connectivity index (χ0n) is 9.21. The Morgan fingerprint density at radius 2 is 1.88 bits per heavy atom. The van der Waals surface area contributed by atoms with Crippen molar-refractivity contribution in [3.05, 3.63) is 47.7 Å². The van der Waals surface area contributed by atoms with Crippen molar-refractivity contribution in [2.24, 2.45) is 0 Å². The molecule has 4 heteroatoms. The number of hydrogen-bond donors (Lipinski definition) is 2. The summed E-state index contributed by atoms with van der Waals surface area (Å²) in [4.78, 5) is 15.0. The Morgan fingerprint density at radius 3 is 2.47 bits per heavy atom. The van der Waals surface area contributed by atoms with Gasteiger partial charge in [-0.05, 0) is 13.0 Å². The van der Waals surface area contributed by atoms with Gasteiger partial charge in [-0.15, -0.1) is 0 Å². The molecule has 2 aromatic rings. The quantitative estimate of drug-likeness (QED) is 0.829. The number of aromatic carboxylic acids is 1. The molecule has 0 bridgehead atoms. The van der Waals surface area contributed by atoms with Crippen molar-refractivity contribution in [3.63, 3.8) is 0 Å². The van der Waals surface area contributed by atoms with Crippen LogP contribution in [0.3, 0.4) is 0 Å². The van der Waals surface area contributed by atoms with Crippen LogP contribution >= 0.6 is 0 Å². The van der Waals surface area contributed by atoms with Crippen LogP contribution < -0.4 is 0 Å². The van der Waals surface area contributed by atoms with Crippen molar-refractivity contribution in [2.45, 2.75) is 6.92 Å². The van der Waals surface area contributed by atoms with Gasteiger partial charge in [0.15, 0.2) is 0 Å². The van der Waals surface area contributed by atoms with Crippen molar-refractivity contribution in [3.8, 4) is 17.0 Å². The molecule has 0 aliphatic carbocycles. The first-order chi connectivity index (χ1) is 8.09. The maximum absolute atomic E-state index is 10.9. The van der Waals surface area contributed by atoms with Crippen molar-refractivity contribution in [2.75, 3.05) is 0 Å². The van der Waals surface area contributed by atoms with Crippen LogP contribution in [0.5, 0.6) is 5.75 Å². The SMILES string of the molecule is Cc1nc(-c2ccccc2)c(O)cc1C(=O)O. The van der Waals surface area contributed by atoms with Crippen molar-refractivity contribution in [1.29, 1.82) is 0 Å². The summed E-state index contributed by atoms with van der Waals surface area (Å²) in [5.74, 6) is -1.22. The number of carboxylic acid groups (broad SMARTS) is 1. The third-order valence-corrected chi connectivity index (χ3v) is 2.47. The molecule has 0 aliphatic heterocycles. The number of rotatable bonds is 2. The first-order valence-electron chi connectivity index (χ1n) is 5.09. The molecule has 0 atom stereocenters. The van der Waals surface area contributed by atoms with E-state index in [-0.39, 0.29) is 11.3 Å². The van der Waals surface area contributed by atoms with Gasteiger partial charge >= 0.3 is 5.97 Å². The third-order valence-electron chi connectivity index (χ3n) is 2.47. The highest BCUT2D eigenvalue weighted by atomic mass is 16.4. The molecule has 4 nitrogen and oxygen atoms in total. The third kappa shape index (κ3) is 2.10. The number of nitrogens with zero attached hydrogens (tertiary/aromatic N) is 1. The summed E-state index contributed by atoms with van der Waals surface area (Å²) in [7, 11) is 0. The highest BCUT2D eigenvalue weighted by Crippen LogP contribution is 2.28. The lowest BCUT2D eigenvalue weighted by Crippen LogP contribution is -2.02. The lowest BCUT2D eigenvalue weighted by Gasteiger charge is -2.07. The average Bonchev–Trinajstić information content (AvgIpc) is 2.32. The second-order valence-corrected chi connectivity index (χ2v) is 3.66. The van der Waals surface area contributed by atoms with Crippen LogP contribution in [0.15, 0.2) is 36.4 Å². The fourth-order valence-corrected chi connectivity index (χ4v) is 1.62. The van der Waals surface area contributed by atoms with Gasteiger partial charge in [-0.1, -0.05) is 30.3 Å². The fraction of sp³-hybridized carbons (Fsp3) is 0.0769. The molecule has 1 aromatic carbocycles. The summed E-state index contributed by atoms with van der Waals surface area (Å²) in [5.41, 5.74) is 1.55. The molecule has 2 N–H and O–H groups in total. The Kier molecular flexibility index (Phi) is 2.78. The minimum atomic E-state index is -1.09. The van der Waals surface area contributed by atoms with Gasteiger partial charge in [0, 0.05) is 5.56 Å². The van der Waals surface area contributed by atoms with E-state index in [4.69, 9.17) is 5.11 Å². The number of benzene rings is 1. The van der Waals surface area contributed by atoms with Gasteiger partial charge in [-0.2, -0.15) is 0 Å². The second-order valence-electron chi connectivity index (χ2n) is 3.66. The van der Waals surface area contributed by atoms with Crippen LogP contribution in [0.4, 0.5) is 0 Å². The summed E-state index contributed by atoms with van der Waals surface area (Å²) < 4.78 is 0.